The molecule has 1 atom stereocenters. The minimum Gasteiger partial charge on any atom is -0.381 e. The predicted molar refractivity (Wildman–Crippen MR) is 65.1 cm³/mol. The highest BCUT2D eigenvalue weighted by Crippen LogP contribution is 2.18. The largest absolute Gasteiger partial charge is 0.381 e. The molecule has 1 fully saturated rings. The summed E-state index contributed by atoms with van der Waals surface area (Å²) in [5.41, 5.74) is 0. The Morgan fingerprint density at radius 3 is 3.35 bits per heavy atom. The molecule has 7 heteroatoms. The average molecular weight is 256 g/mol. The van der Waals surface area contributed by atoms with E-state index in [1.807, 2.05) is 11.8 Å². The van der Waals surface area contributed by atoms with Crippen molar-refractivity contribution < 1.29 is 9.53 Å². The smallest absolute Gasteiger partial charge is 0.322 e. The molecule has 94 valence electrons. The van der Waals surface area contributed by atoms with Gasteiger partial charge in [0.15, 0.2) is 0 Å². The van der Waals surface area contributed by atoms with Gasteiger partial charge in [0.05, 0.1) is 12.8 Å². The Labute approximate surface area is 104 Å². The fraction of sp³-hybridized carbons (Fsp3) is 0.700. The summed E-state index contributed by atoms with van der Waals surface area (Å²) in [5.74, 6) is 0.459. The van der Waals surface area contributed by atoms with Gasteiger partial charge < -0.3 is 9.64 Å². The van der Waals surface area contributed by atoms with Crippen LogP contribution in [0.2, 0.25) is 0 Å². The number of aromatic nitrogens is 2. The number of rotatable bonds is 4. The van der Waals surface area contributed by atoms with Crippen LogP contribution in [0.15, 0.2) is 6.20 Å². The van der Waals surface area contributed by atoms with E-state index in [2.05, 4.69) is 14.9 Å². The Hall–Kier alpha value is -1.21. The Bertz CT molecular complexity index is 357. The van der Waals surface area contributed by atoms with Crippen LogP contribution in [0.4, 0.5) is 9.80 Å². The molecule has 2 amide bonds. The number of urea groups is 1. The van der Waals surface area contributed by atoms with Crippen molar-refractivity contribution in [1.82, 2.24) is 14.5 Å². The van der Waals surface area contributed by atoms with Crippen LogP contribution in [0.3, 0.4) is 0 Å². The molecule has 0 bridgehead atoms. The topological polar surface area (TPSA) is 67.3 Å². The van der Waals surface area contributed by atoms with Gasteiger partial charge in [0.1, 0.15) is 5.00 Å². The molecule has 2 rings (SSSR count). The maximum absolute atomic E-state index is 11.9. The summed E-state index contributed by atoms with van der Waals surface area (Å²) >= 11 is 1.18. The third kappa shape index (κ3) is 3.37. The summed E-state index contributed by atoms with van der Waals surface area (Å²) in [6.07, 6.45) is 2.56. The number of amides is 2. The number of hydrogen-bond donors (Lipinski definition) is 1. The molecule has 1 aromatic heterocycles. The predicted octanol–water partition coefficient (Wildman–Crippen LogP) is 1.43. The second-order valence-electron chi connectivity index (χ2n) is 3.97. The van der Waals surface area contributed by atoms with Gasteiger partial charge in [-0.2, -0.15) is 0 Å². The van der Waals surface area contributed by atoms with Gasteiger partial charge in [-0.1, -0.05) is 4.49 Å². The standard InChI is InChI=1S/C10H16N4O2S/c1-2-16-7-8-3-4-14(6-8)10(15)12-9-5-11-13-17-9/h5,8H,2-4,6-7H2,1H3,(H,12,15)/t8-/m1/s1. The minimum atomic E-state index is -0.0740. The maximum Gasteiger partial charge on any atom is 0.322 e. The van der Waals surface area contributed by atoms with Gasteiger partial charge in [-0.05, 0) is 13.3 Å². The molecular weight excluding hydrogens is 240 g/mol. The van der Waals surface area contributed by atoms with Gasteiger partial charge in [-0.15, -0.1) is 5.10 Å². The fourth-order valence-electron chi connectivity index (χ4n) is 1.84. The Morgan fingerprint density at radius 1 is 1.76 bits per heavy atom. The van der Waals surface area contributed by atoms with Crippen LogP contribution >= 0.6 is 11.5 Å². The van der Waals surface area contributed by atoms with E-state index in [1.165, 1.54) is 11.5 Å². The lowest BCUT2D eigenvalue weighted by atomic mass is 10.1. The van der Waals surface area contributed by atoms with Crippen LogP contribution in [0.5, 0.6) is 0 Å². The number of nitrogens with zero attached hydrogens (tertiary/aromatic N) is 3. The Kier molecular flexibility index (Phi) is 4.27. The third-order valence-electron chi connectivity index (χ3n) is 2.72. The molecule has 1 aliphatic rings. The van der Waals surface area contributed by atoms with Crippen LogP contribution in [0.25, 0.3) is 0 Å². The van der Waals surface area contributed by atoms with Gasteiger partial charge in [0.2, 0.25) is 0 Å². The quantitative estimate of drug-likeness (QED) is 0.885. The highest BCUT2D eigenvalue weighted by Gasteiger charge is 2.26. The van der Waals surface area contributed by atoms with Crippen molar-refractivity contribution in [1.29, 1.82) is 0 Å². The lowest BCUT2D eigenvalue weighted by Gasteiger charge is -2.16. The van der Waals surface area contributed by atoms with E-state index in [4.69, 9.17) is 4.74 Å². The molecule has 0 spiro atoms. The highest BCUT2D eigenvalue weighted by atomic mass is 32.1. The maximum atomic E-state index is 11.9. The van der Waals surface area contributed by atoms with Crippen molar-refractivity contribution in [3.63, 3.8) is 0 Å². The first-order chi connectivity index (χ1) is 8.29. The molecule has 17 heavy (non-hydrogen) atoms. The van der Waals surface area contributed by atoms with Crippen molar-refractivity contribution in [2.24, 2.45) is 5.92 Å². The van der Waals surface area contributed by atoms with E-state index in [0.29, 0.717) is 10.9 Å². The van der Waals surface area contributed by atoms with Crippen molar-refractivity contribution >= 4 is 22.6 Å². The van der Waals surface area contributed by atoms with Gasteiger partial charge in [-0.25, -0.2) is 4.79 Å². The summed E-state index contributed by atoms with van der Waals surface area (Å²) in [6, 6.07) is -0.0740. The lowest BCUT2D eigenvalue weighted by Crippen LogP contribution is -2.33. The summed E-state index contributed by atoms with van der Waals surface area (Å²) < 4.78 is 9.07. The van der Waals surface area contributed by atoms with Crippen molar-refractivity contribution in [3.05, 3.63) is 6.20 Å². The number of ether oxygens (including phenoxy) is 1. The summed E-state index contributed by atoms with van der Waals surface area (Å²) in [7, 11) is 0. The monoisotopic (exact) mass is 256 g/mol. The third-order valence-corrected chi connectivity index (χ3v) is 3.30. The molecule has 1 N–H and O–H groups in total. The van der Waals surface area contributed by atoms with Gasteiger partial charge in [0.25, 0.3) is 0 Å². The molecule has 0 saturated carbocycles. The zero-order chi connectivity index (χ0) is 12.1. The van der Waals surface area contributed by atoms with E-state index >= 15 is 0 Å². The second kappa shape index (κ2) is 5.92. The van der Waals surface area contributed by atoms with E-state index in [1.54, 1.807) is 6.20 Å². The lowest BCUT2D eigenvalue weighted by molar-refractivity contribution is 0.113. The Morgan fingerprint density at radius 2 is 2.65 bits per heavy atom. The van der Waals surface area contributed by atoms with Gasteiger partial charge >= 0.3 is 6.03 Å². The normalized spacial score (nSPS) is 19.6. The number of anilines is 1. The first kappa shape index (κ1) is 12.3. The zero-order valence-electron chi connectivity index (χ0n) is 9.76. The van der Waals surface area contributed by atoms with Crippen LogP contribution in [-0.4, -0.2) is 46.8 Å². The molecule has 1 saturated heterocycles. The average Bonchev–Trinajstić information content (AvgIpc) is 2.96. The number of hydrogen-bond acceptors (Lipinski definition) is 5. The minimum absolute atomic E-state index is 0.0740. The fourth-order valence-corrected chi connectivity index (χ4v) is 2.25. The molecule has 2 heterocycles. The zero-order valence-corrected chi connectivity index (χ0v) is 10.6. The molecule has 6 nitrogen and oxygen atoms in total. The first-order valence-corrected chi connectivity index (χ1v) is 6.48. The van der Waals surface area contributed by atoms with Gasteiger partial charge in [-0.3, -0.25) is 5.32 Å². The van der Waals surface area contributed by atoms with Crippen molar-refractivity contribution in [2.75, 3.05) is 31.6 Å². The molecule has 1 aromatic rings. The molecule has 0 unspecified atom stereocenters. The number of nitrogens with one attached hydrogen (secondary N) is 1. The van der Waals surface area contributed by atoms with E-state index < -0.39 is 0 Å². The summed E-state index contributed by atoms with van der Waals surface area (Å²) in [5, 5.41) is 7.14. The number of carbonyl (C=O) groups is 1. The molecular formula is C10H16N4O2S. The van der Waals surface area contributed by atoms with Crippen molar-refractivity contribution in [2.45, 2.75) is 13.3 Å². The molecule has 1 aliphatic heterocycles. The molecule has 0 radical (unpaired) electrons. The number of carbonyl (C=O) groups excluding carboxylic acids is 1. The van der Waals surface area contributed by atoms with Gasteiger partial charge in [0, 0.05) is 37.1 Å². The van der Waals surface area contributed by atoms with Crippen molar-refractivity contribution in [3.8, 4) is 0 Å². The second-order valence-corrected chi connectivity index (χ2v) is 4.76. The van der Waals surface area contributed by atoms with E-state index in [9.17, 15) is 4.79 Å². The van der Waals surface area contributed by atoms with Crippen LogP contribution in [0, 0.1) is 5.92 Å². The summed E-state index contributed by atoms with van der Waals surface area (Å²) in [6.45, 7) is 5.00. The number of likely N-dealkylation sites (tertiary alicyclic amines) is 1. The summed E-state index contributed by atoms with van der Waals surface area (Å²) in [4.78, 5) is 13.7. The first-order valence-electron chi connectivity index (χ1n) is 5.70. The molecule has 0 aliphatic carbocycles. The van der Waals surface area contributed by atoms with Crippen LogP contribution in [0.1, 0.15) is 13.3 Å². The van der Waals surface area contributed by atoms with E-state index in [-0.39, 0.29) is 6.03 Å². The van der Waals surface area contributed by atoms with E-state index in [0.717, 1.165) is 32.7 Å². The van der Waals surface area contributed by atoms with Crippen LogP contribution < -0.4 is 5.32 Å². The van der Waals surface area contributed by atoms with Crippen LogP contribution in [-0.2, 0) is 4.74 Å². The highest BCUT2D eigenvalue weighted by molar-refractivity contribution is 7.10. The SMILES string of the molecule is CCOC[C@@H]1CCN(C(=O)Nc2cnns2)C1. The molecule has 0 aromatic carbocycles. The Balaban J connectivity index is 1.78.